The van der Waals surface area contributed by atoms with Crippen molar-refractivity contribution in [1.29, 1.82) is 0 Å². The summed E-state index contributed by atoms with van der Waals surface area (Å²) in [6, 6.07) is 9.41. The van der Waals surface area contributed by atoms with Crippen LogP contribution >= 0.6 is 0 Å². The molecule has 0 saturated carbocycles. The van der Waals surface area contributed by atoms with Crippen LogP contribution in [-0.2, 0) is 14.8 Å². The lowest BCUT2D eigenvalue weighted by molar-refractivity contribution is -0.117. The number of hydrazine groups is 1. The van der Waals surface area contributed by atoms with Gasteiger partial charge in [0.15, 0.2) is 0 Å². The third kappa shape index (κ3) is 5.36. The molecule has 10 heteroatoms. The Balaban J connectivity index is 2.05. The minimum Gasteiger partial charge on any atom is -0.495 e. The average Bonchev–Trinajstić information content (AvgIpc) is 2.63. The number of sulfonamides is 1. The first-order valence-electron chi connectivity index (χ1n) is 7.46. The van der Waals surface area contributed by atoms with Gasteiger partial charge < -0.3 is 4.74 Å². The molecule has 2 amide bonds. The van der Waals surface area contributed by atoms with Crippen LogP contribution in [0.2, 0.25) is 0 Å². The van der Waals surface area contributed by atoms with Gasteiger partial charge in [-0.2, -0.15) is 0 Å². The van der Waals surface area contributed by atoms with Crippen molar-refractivity contribution in [2.45, 2.75) is 4.90 Å². The predicted molar refractivity (Wildman–Crippen MR) is 95.4 cm³/mol. The molecule has 0 aromatic heterocycles. The standard InChI is InChI=1S/C17H16FN3O5S/c1-26-14-8-6-11(10-15(14)27(19,24)25)7-9-16(22)20-21-17(23)12-4-2-3-5-13(12)18/h2-10H,1H3,(H,20,22)(H,21,23)(H2,19,24,25). The van der Waals surface area contributed by atoms with Gasteiger partial charge in [-0.3, -0.25) is 20.4 Å². The van der Waals surface area contributed by atoms with E-state index in [-0.39, 0.29) is 16.2 Å². The first kappa shape index (κ1) is 20.1. The molecule has 0 saturated heterocycles. The van der Waals surface area contributed by atoms with Gasteiger partial charge in [0.05, 0.1) is 12.7 Å². The van der Waals surface area contributed by atoms with E-state index in [2.05, 4.69) is 10.9 Å². The molecule has 0 aliphatic carbocycles. The molecule has 0 fully saturated rings. The zero-order valence-electron chi connectivity index (χ0n) is 14.1. The summed E-state index contributed by atoms with van der Waals surface area (Å²) >= 11 is 0. The summed E-state index contributed by atoms with van der Waals surface area (Å²) in [5.74, 6) is -2.20. The van der Waals surface area contributed by atoms with Crippen LogP contribution in [0.5, 0.6) is 5.75 Å². The van der Waals surface area contributed by atoms with E-state index < -0.39 is 27.7 Å². The zero-order valence-corrected chi connectivity index (χ0v) is 14.9. The Kier molecular flexibility index (Phi) is 6.27. The highest BCUT2D eigenvalue weighted by Gasteiger charge is 2.15. The highest BCUT2D eigenvalue weighted by molar-refractivity contribution is 7.89. The van der Waals surface area contributed by atoms with Crippen molar-refractivity contribution >= 4 is 27.9 Å². The summed E-state index contributed by atoms with van der Waals surface area (Å²) in [4.78, 5) is 23.3. The number of nitrogens with two attached hydrogens (primary N) is 1. The lowest BCUT2D eigenvalue weighted by atomic mass is 10.2. The number of primary sulfonamides is 1. The second-order valence-electron chi connectivity index (χ2n) is 5.21. The number of halogens is 1. The molecule has 2 aromatic carbocycles. The lowest BCUT2D eigenvalue weighted by Gasteiger charge is -2.07. The van der Waals surface area contributed by atoms with Gasteiger partial charge in [-0.1, -0.05) is 18.2 Å². The fraction of sp³-hybridized carbons (Fsp3) is 0.0588. The second kappa shape index (κ2) is 8.43. The van der Waals surface area contributed by atoms with Crippen LogP contribution in [0, 0.1) is 5.82 Å². The summed E-state index contributed by atoms with van der Waals surface area (Å²) in [5, 5.41) is 5.12. The van der Waals surface area contributed by atoms with Crippen molar-refractivity contribution in [3.63, 3.8) is 0 Å². The Labute approximate surface area is 154 Å². The molecule has 0 heterocycles. The fourth-order valence-electron chi connectivity index (χ4n) is 2.06. The van der Waals surface area contributed by atoms with Gasteiger partial charge in [0.1, 0.15) is 16.5 Å². The van der Waals surface area contributed by atoms with E-state index in [9.17, 15) is 22.4 Å². The number of nitrogens with one attached hydrogen (secondary N) is 2. The second-order valence-corrected chi connectivity index (χ2v) is 6.74. The van der Waals surface area contributed by atoms with Gasteiger partial charge in [-0.25, -0.2) is 17.9 Å². The van der Waals surface area contributed by atoms with Gasteiger partial charge in [0.2, 0.25) is 10.0 Å². The van der Waals surface area contributed by atoms with Crippen LogP contribution in [0.15, 0.2) is 53.4 Å². The van der Waals surface area contributed by atoms with Gasteiger partial charge >= 0.3 is 0 Å². The molecule has 0 spiro atoms. The molecule has 2 rings (SSSR count). The molecule has 0 atom stereocenters. The Hall–Kier alpha value is -3.24. The van der Waals surface area contributed by atoms with Crippen LogP contribution in [0.4, 0.5) is 4.39 Å². The number of carbonyl (C=O) groups is 2. The van der Waals surface area contributed by atoms with Crippen molar-refractivity contribution in [1.82, 2.24) is 10.9 Å². The number of hydrogen-bond acceptors (Lipinski definition) is 5. The minimum absolute atomic E-state index is 0.0660. The van der Waals surface area contributed by atoms with E-state index >= 15 is 0 Å². The summed E-state index contributed by atoms with van der Waals surface area (Å²) in [7, 11) is -2.72. The number of amides is 2. The topological polar surface area (TPSA) is 128 Å². The summed E-state index contributed by atoms with van der Waals surface area (Å²) in [5.41, 5.74) is 4.28. The average molecular weight is 393 g/mol. The van der Waals surface area contributed by atoms with E-state index in [0.29, 0.717) is 5.56 Å². The monoisotopic (exact) mass is 393 g/mol. The molecule has 0 aliphatic rings. The molecule has 0 bridgehead atoms. The van der Waals surface area contributed by atoms with Gasteiger partial charge in [0.25, 0.3) is 11.8 Å². The number of ether oxygens (including phenoxy) is 1. The minimum atomic E-state index is -4.01. The first-order valence-corrected chi connectivity index (χ1v) is 9.01. The van der Waals surface area contributed by atoms with Crippen LogP contribution in [0.1, 0.15) is 15.9 Å². The molecule has 27 heavy (non-hydrogen) atoms. The van der Waals surface area contributed by atoms with E-state index in [4.69, 9.17) is 9.88 Å². The van der Waals surface area contributed by atoms with Crippen molar-refractivity contribution in [2.75, 3.05) is 7.11 Å². The van der Waals surface area contributed by atoms with E-state index in [1.54, 1.807) is 0 Å². The summed E-state index contributed by atoms with van der Waals surface area (Å²) in [6.45, 7) is 0. The van der Waals surface area contributed by atoms with Crippen LogP contribution in [-0.4, -0.2) is 27.3 Å². The van der Waals surface area contributed by atoms with Crippen molar-refractivity contribution in [3.05, 3.63) is 65.5 Å². The van der Waals surface area contributed by atoms with E-state index in [1.807, 2.05) is 0 Å². The maximum absolute atomic E-state index is 13.5. The molecule has 8 nitrogen and oxygen atoms in total. The van der Waals surface area contributed by atoms with Crippen molar-refractivity contribution in [3.8, 4) is 5.75 Å². The Morgan fingerprint density at radius 2 is 1.85 bits per heavy atom. The molecule has 0 radical (unpaired) electrons. The van der Waals surface area contributed by atoms with Crippen LogP contribution < -0.4 is 20.7 Å². The zero-order chi connectivity index (χ0) is 20.0. The fourth-order valence-corrected chi connectivity index (χ4v) is 2.80. The normalized spacial score (nSPS) is 11.2. The molecule has 4 N–H and O–H groups in total. The summed E-state index contributed by atoms with van der Waals surface area (Å²) < 4.78 is 41.5. The highest BCUT2D eigenvalue weighted by Crippen LogP contribution is 2.24. The number of methoxy groups -OCH3 is 1. The van der Waals surface area contributed by atoms with Crippen molar-refractivity contribution < 1.29 is 27.1 Å². The van der Waals surface area contributed by atoms with Gasteiger partial charge in [-0.05, 0) is 35.9 Å². The molecule has 142 valence electrons. The molecule has 0 unspecified atom stereocenters. The highest BCUT2D eigenvalue weighted by atomic mass is 32.2. The quantitative estimate of drug-likeness (QED) is 0.515. The summed E-state index contributed by atoms with van der Waals surface area (Å²) in [6.07, 6.45) is 2.36. The van der Waals surface area contributed by atoms with Gasteiger partial charge in [-0.15, -0.1) is 0 Å². The number of hydrogen-bond donors (Lipinski definition) is 3. The van der Waals surface area contributed by atoms with Crippen LogP contribution in [0.25, 0.3) is 6.08 Å². The van der Waals surface area contributed by atoms with Gasteiger partial charge in [0, 0.05) is 6.08 Å². The van der Waals surface area contributed by atoms with Crippen LogP contribution in [0.3, 0.4) is 0 Å². The SMILES string of the molecule is COc1ccc(C=CC(=O)NNC(=O)c2ccccc2F)cc1S(N)(=O)=O. The maximum atomic E-state index is 13.5. The van der Waals surface area contributed by atoms with E-state index in [0.717, 1.165) is 12.1 Å². The molecule has 0 aliphatic heterocycles. The number of carbonyl (C=O) groups excluding carboxylic acids is 2. The third-order valence-corrected chi connectivity index (χ3v) is 4.27. The maximum Gasteiger partial charge on any atom is 0.272 e. The number of rotatable bonds is 5. The van der Waals surface area contributed by atoms with E-state index in [1.165, 1.54) is 49.6 Å². The third-order valence-electron chi connectivity index (χ3n) is 3.34. The van der Waals surface area contributed by atoms with Crippen molar-refractivity contribution in [2.24, 2.45) is 5.14 Å². The Morgan fingerprint density at radius 1 is 1.15 bits per heavy atom. The molecular formula is C17H16FN3O5S. The Bertz CT molecular complexity index is 1010. The molecular weight excluding hydrogens is 377 g/mol. The molecule has 2 aromatic rings. The largest absolute Gasteiger partial charge is 0.495 e. The Morgan fingerprint density at radius 3 is 2.48 bits per heavy atom. The number of benzene rings is 2. The first-order chi connectivity index (χ1) is 12.7. The lowest BCUT2D eigenvalue weighted by Crippen LogP contribution is -2.41. The smallest absolute Gasteiger partial charge is 0.272 e. The predicted octanol–water partition coefficient (Wildman–Crippen LogP) is 0.956.